The number of hydrogen-bond acceptors (Lipinski definition) is 3. The molecule has 0 bridgehead atoms. The maximum absolute atomic E-state index is 13.0. The first kappa shape index (κ1) is 22.0. The Morgan fingerprint density at radius 1 is 0.939 bits per heavy atom. The summed E-state index contributed by atoms with van der Waals surface area (Å²) in [4.78, 5) is 31.7. The van der Waals surface area contributed by atoms with E-state index in [1.54, 1.807) is 18.0 Å². The molecular formula is C27H26N4O2. The van der Waals surface area contributed by atoms with E-state index < -0.39 is 0 Å². The minimum atomic E-state index is -0.218. The smallest absolute Gasteiger partial charge is 0.244 e. The van der Waals surface area contributed by atoms with Gasteiger partial charge in [0.15, 0.2) is 0 Å². The molecular weight excluding hydrogens is 412 g/mol. The third-order valence-electron chi connectivity index (χ3n) is 5.36. The average Bonchev–Trinajstić information content (AvgIpc) is 3.20. The molecule has 0 aliphatic carbocycles. The predicted octanol–water partition coefficient (Wildman–Crippen LogP) is 4.02. The molecule has 0 fully saturated rings. The molecule has 0 unspecified atom stereocenters. The van der Waals surface area contributed by atoms with E-state index in [0.717, 1.165) is 22.2 Å². The second-order valence-electron chi connectivity index (χ2n) is 7.80. The highest BCUT2D eigenvalue weighted by Crippen LogP contribution is 2.17. The number of aromatic nitrogens is 2. The van der Waals surface area contributed by atoms with Gasteiger partial charge in [0.05, 0.1) is 17.6 Å². The van der Waals surface area contributed by atoms with Crippen LogP contribution in [0.15, 0.2) is 91.0 Å². The quantitative estimate of drug-likeness (QED) is 0.423. The van der Waals surface area contributed by atoms with Crippen molar-refractivity contribution in [1.29, 1.82) is 0 Å². The molecule has 0 saturated carbocycles. The number of nitrogens with one attached hydrogen (secondary N) is 1. The fourth-order valence-corrected chi connectivity index (χ4v) is 3.60. The molecule has 0 radical (unpaired) electrons. The van der Waals surface area contributed by atoms with Crippen LogP contribution in [0.2, 0.25) is 0 Å². The number of likely N-dealkylation sites (N-methyl/N-ethyl adjacent to an activating group) is 1. The molecule has 3 aromatic carbocycles. The highest BCUT2D eigenvalue weighted by molar-refractivity contribution is 5.91. The van der Waals surface area contributed by atoms with Gasteiger partial charge in [-0.3, -0.25) is 9.59 Å². The second-order valence-corrected chi connectivity index (χ2v) is 7.80. The Bertz CT molecular complexity index is 1260. The van der Waals surface area contributed by atoms with Gasteiger partial charge in [-0.05, 0) is 29.3 Å². The van der Waals surface area contributed by atoms with E-state index in [2.05, 4.69) is 10.3 Å². The molecule has 33 heavy (non-hydrogen) atoms. The Morgan fingerprint density at radius 2 is 1.61 bits per heavy atom. The number of nitrogens with zero attached hydrogens (tertiary/aromatic N) is 3. The number of para-hydroxylation sites is 2. The van der Waals surface area contributed by atoms with Crippen LogP contribution in [0, 0.1) is 0 Å². The standard InChI is InChI=1S/C27H26N4O2/c1-30(19-22-12-6-3-7-13-22)27(33)20-31-24-15-9-8-14-23(24)29-25(31)18-28-26(32)17-16-21-10-4-2-5-11-21/h2-17H,18-20H2,1H3,(H,28,32)/b17-16-. The normalized spacial score (nSPS) is 11.1. The monoisotopic (exact) mass is 438 g/mol. The van der Waals surface area contributed by atoms with E-state index in [0.29, 0.717) is 12.4 Å². The summed E-state index contributed by atoms with van der Waals surface area (Å²) in [5.74, 6) is 0.391. The van der Waals surface area contributed by atoms with E-state index in [1.807, 2.05) is 89.5 Å². The fraction of sp³-hybridized carbons (Fsp3) is 0.148. The zero-order chi connectivity index (χ0) is 23.0. The lowest BCUT2D eigenvalue weighted by Gasteiger charge is -2.19. The van der Waals surface area contributed by atoms with Gasteiger partial charge < -0.3 is 14.8 Å². The number of fused-ring (bicyclic) bond motifs is 1. The third kappa shape index (κ3) is 5.74. The molecule has 6 nitrogen and oxygen atoms in total. The molecule has 1 aromatic heterocycles. The van der Waals surface area contributed by atoms with E-state index in [-0.39, 0.29) is 24.9 Å². The van der Waals surface area contributed by atoms with E-state index in [4.69, 9.17) is 0 Å². The summed E-state index contributed by atoms with van der Waals surface area (Å²) in [5.41, 5.74) is 3.68. The lowest BCUT2D eigenvalue weighted by Crippen LogP contribution is -2.31. The minimum absolute atomic E-state index is 0.0291. The molecule has 4 rings (SSSR count). The topological polar surface area (TPSA) is 67.2 Å². The van der Waals surface area contributed by atoms with Crippen LogP contribution < -0.4 is 5.32 Å². The maximum Gasteiger partial charge on any atom is 0.244 e. The summed E-state index contributed by atoms with van der Waals surface area (Å²) < 4.78 is 1.88. The highest BCUT2D eigenvalue weighted by atomic mass is 16.2. The summed E-state index contributed by atoms with van der Waals surface area (Å²) in [7, 11) is 1.80. The van der Waals surface area contributed by atoms with Crippen molar-refractivity contribution < 1.29 is 9.59 Å². The highest BCUT2D eigenvalue weighted by Gasteiger charge is 2.16. The van der Waals surface area contributed by atoms with Crippen LogP contribution in [0.5, 0.6) is 0 Å². The molecule has 1 N–H and O–H groups in total. The number of carbonyl (C=O) groups is 2. The number of amides is 2. The first-order valence-electron chi connectivity index (χ1n) is 10.8. The van der Waals surface area contributed by atoms with Crippen LogP contribution in [0.25, 0.3) is 17.1 Å². The number of rotatable bonds is 8. The lowest BCUT2D eigenvalue weighted by molar-refractivity contribution is -0.131. The molecule has 2 amide bonds. The van der Waals surface area contributed by atoms with E-state index in [1.165, 1.54) is 6.08 Å². The van der Waals surface area contributed by atoms with Crippen LogP contribution in [-0.4, -0.2) is 33.3 Å². The van der Waals surface area contributed by atoms with Crippen molar-refractivity contribution in [2.75, 3.05) is 7.05 Å². The number of benzene rings is 3. The number of imidazole rings is 1. The van der Waals surface area contributed by atoms with Crippen molar-refractivity contribution in [1.82, 2.24) is 19.8 Å². The first-order valence-corrected chi connectivity index (χ1v) is 10.8. The second kappa shape index (κ2) is 10.4. The molecule has 166 valence electrons. The Morgan fingerprint density at radius 3 is 2.36 bits per heavy atom. The van der Waals surface area contributed by atoms with Crippen LogP contribution in [0.3, 0.4) is 0 Å². The Kier molecular flexibility index (Phi) is 6.95. The SMILES string of the molecule is CN(Cc1ccccc1)C(=O)Cn1c(CNC(=O)/C=C\c2ccccc2)nc2ccccc21. The number of carbonyl (C=O) groups excluding carboxylic acids is 2. The average molecular weight is 439 g/mol. The van der Waals surface area contributed by atoms with Crippen LogP contribution >= 0.6 is 0 Å². The third-order valence-corrected chi connectivity index (χ3v) is 5.36. The maximum atomic E-state index is 13.0. The van der Waals surface area contributed by atoms with Crippen molar-refractivity contribution >= 4 is 28.9 Å². The van der Waals surface area contributed by atoms with Crippen LogP contribution in [0.4, 0.5) is 0 Å². The van der Waals surface area contributed by atoms with Gasteiger partial charge >= 0.3 is 0 Å². The van der Waals surface area contributed by atoms with Gasteiger partial charge in [-0.1, -0.05) is 72.8 Å². The van der Waals surface area contributed by atoms with Crippen LogP contribution in [0.1, 0.15) is 17.0 Å². The largest absolute Gasteiger partial charge is 0.345 e. The lowest BCUT2D eigenvalue weighted by atomic mass is 10.2. The van der Waals surface area contributed by atoms with Crippen molar-refractivity contribution in [2.24, 2.45) is 0 Å². The summed E-state index contributed by atoms with van der Waals surface area (Å²) in [6.07, 6.45) is 3.27. The minimum Gasteiger partial charge on any atom is -0.345 e. The Balaban J connectivity index is 1.46. The van der Waals surface area contributed by atoms with Gasteiger partial charge in [0.2, 0.25) is 11.8 Å². The number of hydrogen-bond donors (Lipinski definition) is 1. The zero-order valence-corrected chi connectivity index (χ0v) is 18.5. The van der Waals surface area contributed by atoms with E-state index >= 15 is 0 Å². The Hall–Kier alpha value is -4.19. The van der Waals surface area contributed by atoms with Gasteiger partial charge in [-0.25, -0.2) is 4.98 Å². The van der Waals surface area contributed by atoms with Gasteiger partial charge in [-0.15, -0.1) is 0 Å². The summed E-state index contributed by atoms with van der Waals surface area (Å²) in [6.45, 7) is 0.903. The fourth-order valence-electron chi connectivity index (χ4n) is 3.60. The molecule has 6 heteroatoms. The first-order chi connectivity index (χ1) is 16.1. The molecule has 0 saturated heterocycles. The molecule has 0 atom stereocenters. The Labute approximate surface area is 193 Å². The van der Waals surface area contributed by atoms with Crippen molar-refractivity contribution in [3.63, 3.8) is 0 Å². The van der Waals surface area contributed by atoms with Gasteiger partial charge in [-0.2, -0.15) is 0 Å². The predicted molar refractivity (Wildman–Crippen MR) is 130 cm³/mol. The summed E-state index contributed by atoms with van der Waals surface area (Å²) >= 11 is 0. The molecule has 4 aromatic rings. The van der Waals surface area contributed by atoms with E-state index in [9.17, 15) is 9.59 Å². The van der Waals surface area contributed by atoms with Gasteiger partial charge in [0.1, 0.15) is 12.4 Å². The van der Waals surface area contributed by atoms with Gasteiger partial charge in [0.25, 0.3) is 0 Å². The van der Waals surface area contributed by atoms with Crippen molar-refractivity contribution in [2.45, 2.75) is 19.6 Å². The zero-order valence-electron chi connectivity index (χ0n) is 18.5. The van der Waals surface area contributed by atoms with Crippen LogP contribution in [-0.2, 0) is 29.2 Å². The molecule has 0 spiro atoms. The summed E-state index contributed by atoms with van der Waals surface area (Å²) in [5, 5.41) is 2.88. The van der Waals surface area contributed by atoms with Crippen molar-refractivity contribution in [3.8, 4) is 0 Å². The summed E-state index contributed by atoms with van der Waals surface area (Å²) in [6, 6.07) is 27.2. The molecule has 0 aliphatic rings. The van der Waals surface area contributed by atoms with Gasteiger partial charge in [0, 0.05) is 19.7 Å². The molecule has 0 aliphatic heterocycles. The van der Waals surface area contributed by atoms with Crippen molar-refractivity contribution in [3.05, 3.63) is 108 Å². The molecule has 1 heterocycles.